The second kappa shape index (κ2) is 6.00. The smallest absolute Gasteiger partial charge is 0.130 e. The van der Waals surface area contributed by atoms with Crippen LogP contribution in [0.15, 0.2) is 30.3 Å². The molecule has 0 radical (unpaired) electrons. The summed E-state index contributed by atoms with van der Waals surface area (Å²) in [5.74, 6) is 0.810. The highest BCUT2D eigenvalue weighted by molar-refractivity contribution is 5.22. The van der Waals surface area contributed by atoms with Crippen LogP contribution in [-0.4, -0.2) is 43.7 Å². The first-order valence-electron chi connectivity index (χ1n) is 5.81. The molecule has 94 valence electrons. The van der Waals surface area contributed by atoms with Crippen LogP contribution in [0.3, 0.4) is 0 Å². The van der Waals surface area contributed by atoms with Gasteiger partial charge in [-0.15, -0.1) is 0 Å². The molecule has 1 fully saturated rings. The molecule has 0 amide bonds. The zero-order valence-corrected chi connectivity index (χ0v) is 9.91. The molecule has 3 unspecified atom stereocenters. The van der Waals surface area contributed by atoms with Crippen LogP contribution in [0, 0.1) is 0 Å². The lowest BCUT2D eigenvalue weighted by atomic mass is 9.88. The van der Waals surface area contributed by atoms with Crippen molar-refractivity contribution in [3.63, 3.8) is 0 Å². The van der Waals surface area contributed by atoms with Gasteiger partial charge in [0, 0.05) is 13.5 Å². The number of benzene rings is 1. The monoisotopic (exact) mass is 238 g/mol. The maximum Gasteiger partial charge on any atom is 0.130 e. The summed E-state index contributed by atoms with van der Waals surface area (Å²) in [6.45, 7) is 1.01. The van der Waals surface area contributed by atoms with Crippen LogP contribution in [0.4, 0.5) is 0 Å². The van der Waals surface area contributed by atoms with E-state index in [4.69, 9.17) is 14.2 Å². The first kappa shape index (κ1) is 12.4. The molecule has 0 aromatic heterocycles. The molecule has 0 spiro atoms. The van der Waals surface area contributed by atoms with E-state index >= 15 is 0 Å². The Labute approximate surface area is 101 Å². The van der Waals surface area contributed by atoms with Crippen LogP contribution in [0.5, 0.6) is 5.75 Å². The fourth-order valence-corrected chi connectivity index (χ4v) is 1.83. The summed E-state index contributed by atoms with van der Waals surface area (Å²) in [6, 6.07) is 9.58. The lowest BCUT2D eigenvalue weighted by Gasteiger charge is -2.40. The Morgan fingerprint density at radius 2 is 2.00 bits per heavy atom. The normalized spacial score (nSPS) is 27.5. The van der Waals surface area contributed by atoms with E-state index in [0.717, 1.165) is 5.75 Å². The molecule has 1 aliphatic rings. The summed E-state index contributed by atoms with van der Waals surface area (Å²) in [5, 5.41) is 9.61. The SMILES string of the molecule is COCCOC1C(O)CC1Oc1ccccc1. The highest BCUT2D eigenvalue weighted by Gasteiger charge is 2.42. The molecule has 17 heavy (non-hydrogen) atoms. The number of rotatable bonds is 6. The third-order valence-electron chi connectivity index (χ3n) is 2.85. The van der Waals surface area contributed by atoms with Crippen molar-refractivity contribution in [2.24, 2.45) is 0 Å². The molecule has 1 saturated carbocycles. The minimum absolute atomic E-state index is 0.0655. The van der Waals surface area contributed by atoms with Gasteiger partial charge in [-0.3, -0.25) is 0 Å². The van der Waals surface area contributed by atoms with E-state index in [-0.39, 0.29) is 12.2 Å². The molecule has 1 aliphatic carbocycles. The summed E-state index contributed by atoms with van der Waals surface area (Å²) in [7, 11) is 1.62. The van der Waals surface area contributed by atoms with E-state index in [9.17, 15) is 5.11 Å². The van der Waals surface area contributed by atoms with Crippen LogP contribution in [0.1, 0.15) is 6.42 Å². The molecular weight excluding hydrogens is 220 g/mol. The molecule has 0 heterocycles. The summed E-state index contributed by atoms with van der Waals surface area (Å²) >= 11 is 0. The second-order valence-electron chi connectivity index (χ2n) is 4.10. The Balaban J connectivity index is 1.81. The van der Waals surface area contributed by atoms with Crippen LogP contribution in [0.25, 0.3) is 0 Å². The fraction of sp³-hybridized carbons (Fsp3) is 0.538. The van der Waals surface area contributed by atoms with Crippen molar-refractivity contribution in [2.45, 2.75) is 24.7 Å². The first-order valence-corrected chi connectivity index (χ1v) is 5.81. The number of methoxy groups -OCH3 is 1. The van der Waals surface area contributed by atoms with E-state index in [1.54, 1.807) is 7.11 Å². The average Bonchev–Trinajstić information content (AvgIpc) is 2.35. The van der Waals surface area contributed by atoms with Crippen LogP contribution in [0.2, 0.25) is 0 Å². The summed E-state index contributed by atoms with van der Waals surface area (Å²) in [6.07, 6.45) is -0.123. The predicted octanol–water partition coefficient (Wildman–Crippen LogP) is 1.23. The molecule has 0 bridgehead atoms. The standard InChI is InChI=1S/C13H18O4/c1-15-7-8-16-13-11(14)9-12(13)17-10-5-3-2-4-6-10/h2-6,11-14H,7-9H2,1H3. The highest BCUT2D eigenvalue weighted by atomic mass is 16.6. The van der Waals surface area contributed by atoms with E-state index in [1.807, 2.05) is 30.3 Å². The highest BCUT2D eigenvalue weighted by Crippen LogP contribution is 2.28. The molecule has 4 heteroatoms. The van der Waals surface area contributed by atoms with Crippen LogP contribution in [-0.2, 0) is 9.47 Å². The van der Waals surface area contributed by atoms with Gasteiger partial charge in [-0.25, -0.2) is 0 Å². The van der Waals surface area contributed by atoms with Gasteiger partial charge < -0.3 is 19.3 Å². The molecule has 1 N–H and O–H groups in total. The topological polar surface area (TPSA) is 47.9 Å². The quantitative estimate of drug-likeness (QED) is 0.757. The van der Waals surface area contributed by atoms with E-state index in [1.165, 1.54) is 0 Å². The second-order valence-corrected chi connectivity index (χ2v) is 4.10. The maximum absolute atomic E-state index is 9.61. The van der Waals surface area contributed by atoms with Crippen molar-refractivity contribution in [3.05, 3.63) is 30.3 Å². The van der Waals surface area contributed by atoms with Gasteiger partial charge in [0.05, 0.1) is 19.3 Å². The molecule has 3 atom stereocenters. The molecule has 1 aromatic rings. The number of hydrogen-bond acceptors (Lipinski definition) is 4. The van der Waals surface area contributed by atoms with Gasteiger partial charge in [0.25, 0.3) is 0 Å². The molecule has 0 saturated heterocycles. The molecule has 2 rings (SSSR count). The van der Waals surface area contributed by atoms with Crippen molar-refractivity contribution in [2.75, 3.05) is 20.3 Å². The summed E-state index contributed by atoms with van der Waals surface area (Å²) in [5.41, 5.74) is 0. The molecule has 1 aromatic carbocycles. The van der Waals surface area contributed by atoms with Crippen LogP contribution < -0.4 is 4.74 Å². The lowest BCUT2D eigenvalue weighted by molar-refractivity contribution is -0.167. The number of hydrogen-bond donors (Lipinski definition) is 1. The lowest BCUT2D eigenvalue weighted by Crippen LogP contribution is -2.55. The molecular formula is C13H18O4. The van der Waals surface area contributed by atoms with Crippen molar-refractivity contribution in [1.82, 2.24) is 0 Å². The third kappa shape index (κ3) is 3.19. The van der Waals surface area contributed by atoms with Gasteiger partial charge >= 0.3 is 0 Å². The van der Waals surface area contributed by atoms with Gasteiger partial charge in [-0.1, -0.05) is 18.2 Å². The third-order valence-corrected chi connectivity index (χ3v) is 2.85. The zero-order valence-electron chi connectivity index (χ0n) is 9.91. The molecule has 0 aliphatic heterocycles. The first-order chi connectivity index (χ1) is 8.31. The Morgan fingerprint density at radius 3 is 2.65 bits per heavy atom. The number of aliphatic hydroxyl groups is 1. The van der Waals surface area contributed by atoms with Gasteiger partial charge in [0.2, 0.25) is 0 Å². The molecule has 4 nitrogen and oxygen atoms in total. The van der Waals surface area contributed by atoms with Crippen molar-refractivity contribution >= 4 is 0 Å². The van der Waals surface area contributed by atoms with Gasteiger partial charge in [-0.05, 0) is 12.1 Å². The van der Waals surface area contributed by atoms with E-state index < -0.39 is 6.10 Å². The van der Waals surface area contributed by atoms with Crippen molar-refractivity contribution in [1.29, 1.82) is 0 Å². The Kier molecular flexibility index (Phi) is 4.36. The predicted molar refractivity (Wildman–Crippen MR) is 63.1 cm³/mol. The van der Waals surface area contributed by atoms with Gasteiger partial charge in [0.1, 0.15) is 18.0 Å². The summed E-state index contributed by atoms with van der Waals surface area (Å²) in [4.78, 5) is 0. The number of ether oxygens (including phenoxy) is 3. The van der Waals surface area contributed by atoms with Gasteiger partial charge in [0.15, 0.2) is 0 Å². The Morgan fingerprint density at radius 1 is 1.24 bits per heavy atom. The largest absolute Gasteiger partial charge is 0.488 e. The Hall–Kier alpha value is -1.10. The van der Waals surface area contributed by atoms with Crippen molar-refractivity contribution in [3.8, 4) is 5.75 Å². The average molecular weight is 238 g/mol. The fourth-order valence-electron chi connectivity index (χ4n) is 1.83. The minimum atomic E-state index is -0.430. The Bertz CT molecular complexity index is 327. The number of para-hydroxylation sites is 1. The van der Waals surface area contributed by atoms with E-state index in [2.05, 4.69) is 0 Å². The maximum atomic E-state index is 9.61. The van der Waals surface area contributed by atoms with Crippen molar-refractivity contribution < 1.29 is 19.3 Å². The van der Waals surface area contributed by atoms with Gasteiger partial charge in [-0.2, -0.15) is 0 Å². The summed E-state index contributed by atoms with van der Waals surface area (Å²) < 4.78 is 16.2. The minimum Gasteiger partial charge on any atom is -0.488 e. The van der Waals surface area contributed by atoms with E-state index in [0.29, 0.717) is 19.6 Å². The number of aliphatic hydroxyl groups excluding tert-OH is 1. The zero-order chi connectivity index (χ0) is 12.1. The van der Waals surface area contributed by atoms with Crippen LogP contribution >= 0.6 is 0 Å².